The summed E-state index contributed by atoms with van der Waals surface area (Å²) in [6.45, 7) is 1.63. The van der Waals surface area contributed by atoms with E-state index in [4.69, 9.17) is 35.1 Å². The van der Waals surface area contributed by atoms with Crippen molar-refractivity contribution >= 4 is 23.9 Å². The SMILES string of the molecule is CC(OC(=O)CCc1ccc(-c2nc(-c3ccc(C(=O)OCc4ccccc4)cc3C(=N)N)cn2C)cc1)OC(=O)OC1CCCCC1. The molecular formula is C37H40N4O7. The Morgan fingerprint density at radius 2 is 1.69 bits per heavy atom. The highest BCUT2D eigenvalue weighted by Gasteiger charge is 2.22. The zero-order chi connectivity index (χ0) is 34.0. The molecular weight excluding hydrogens is 612 g/mol. The van der Waals surface area contributed by atoms with Crippen molar-refractivity contribution in [2.75, 3.05) is 0 Å². The maximum atomic E-state index is 12.7. The first kappa shape index (κ1) is 33.9. The number of hydrogen-bond donors (Lipinski definition) is 2. The first-order valence-corrected chi connectivity index (χ1v) is 16.1. The van der Waals surface area contributed by atoms with Gasteiger partial charge in [0.1, 0.15) is 24.4 Å². The van der Waals surface area contributed by atoms with Crippen molar-refractivity contribution in [2.24, 2.45) is 12.8 Å². The number of hydrogen-bond acceptors (Lipinski definition) is 9. The first-order valence-electron chi connectivity index (χ1n) is 16.1. The number of amidine groups is 1. The van der Waals surface area contributed by atoms with Gasteiger partial charge >= 0.3 is 18.1 Å². The van der Waals surface area contributed by atoms with Crippen LogP contribution in [0.3, 0.4) is 0 Å². The summed E-state index contributed by atoms with van der Waals surface area (Å²) in [6.07, 6.45) is 5.25. The van der Waals surface area contributed by atoms with Gasteiger partial charge in [0.25, 0.3) is 0 Å². The van der Waals surface area contributed by atoms with Crippen LogP contribution in [0, 0.1) is 5.41 Å². The standard InChI is InChI=1S/C37H40N4O7/c1-24(47-37(44)48-29-11-7-4-8-12-29)46-33(42)20-15-25-13-16-27(17-14-25)35-40-32(22-41(35)2)30-19-18-28(21-31(30)34(38)39)36(43)45-23-26-9-5-3-6-10-26/h3,5-6,9-10,13-14,16-19,21-22,24,29H,4,7-8,11-12,15,20,23H2,1-2H3,(H3,38,39). The molecule has 48 heavy (non-hydrogen) atoms. The molecule has 250 valence electrons. The quantitative estimate of drug-likeness (QED) is 0.0559. The molecule has 1 aliphatic carbocycles. The Balaban J connectivity index is 1.17. The van der Waals surface area contributed by atoms with Crippen molar-refractivity contribution in [3.63, 3.8) is 0 Å². The Bertz CT molecular complexity index is 1750. The van der Waals surface area contributed by atoms with E-state index in [2.05, 4.69) is 0 Å². The average molecular weight is 653 g/mol. The molecule has 1 aromatic heterocycles. The van der Waals surface area contributed by atoms with Gasteiger partial charge in [-0.05, 0) is 55.4 Å². The van der Waals surface area contributed by atoms with E-state index in [-0.39, 0.29) is 30.5 Å². The lowest BCUT2D eigenvalue weighted by molar-refractivity contribution is -0.169. The number of benzene rings is 3. The van der Waals surface area contributed by atoms with Crippen LogP contribution in [0.2, 0.25) is 0 Å². The van der Waals surface area contributed by atoms with Gasteiger partial charge in [0.05, 0.1) is 11.3 Å². The van der Waals surface area contributed by atoms with E-state index in [1.807, 2.05) is 72.4 Å². The molecule has 0 saturated heterocycles. The number of ether oxygens (including phenoxy) is 4. The van der Waals surface area contributed by atoms with Gasteiger partial charge in [-0.25, -0.2) is 14.6 Å². The zero-order valence-electron chi connectivity index (χ0n) is 27.1. The third kappa shape index (κ3) is 9.09. The van der Waals surface area contributed by atoms with Crippen molar-refractivity contribution in [3.05, 3.63) is 101 Å². The van der Waals surface area contributed by atoms with Crippen LogP contribution in [0.4, 0.5) is 4.79 Å². The Morgan fingerprint density at radius 3 is 2.40 bits per heavy atom. The predicted molar refractivity (Wildman–Crippen MR) is 179 cm³/mol. The molecule has 11 heteroatoms. The van der Waals surface area contributed by atoms with E-state index < -0.39 is 24.4 Å². The molecule has 0 radical (unpaired) electrons. The second kappa shape index (κ2) is 15.9. The fraction of sp³-hybridized carbons (Fsp3) is 0.324. The van der Waals surface area contributed by atoms with E-state index in [9.17, 15) is 14.4 Å². The molecule has 1 fully saturated rings. The van der Waals surface area contributed by atoms with Gasteiger partial charge in [-0.3, -0.25) is 10.2 Å². The minimum Gasteiger partial charge on any atom is -0.457 e. The van der Waals surface area contributed by atoms with Crippen molar-refractivity contribution in [1.82, 2.24) is 9.55 Å². The van der Waals surface area contributed by atoms with Crippen LogP contribution < -0.4 is 5.73 Å². The van der Waals surface area contributed by atoms with E-state index >= 15 is 0 Å². The molecule has 0 amide bonds. The molecule has 0 bridgehead atoms. The van der Waals surface area contributed by atoms with Crippen molar-refractivity contribution in [1.29, 1.82) is 5.41 Å². The van der Waals surface area contributed by atoms with Crippen LogP contribution >= 0.6 is 0 Å². The summed E-state index contributed by atoms with van der Waals surface area (Å²) in [5.74, 6) is -0.510. The van der Waals surface area contributed by atoms with E-state index in [1.54, 1.807) is 18.2 Å². The predicted octanol–water partition coefficient (Wildman–Crippen LogP) is 6.70. The molecule has 5 rings (SSSR count). The van der Waals surface area contributed by atoms with E-state index in [1.165, 1.54) is 6.92 Å². The number of nitrogen functional groups attached to an aromatic ring is 1. The summed E-state index contributed by atoms with van der Waals surface area (Å²) in [6, 6.07) is 21.9. The monoisotopic (exact) mass is 652 g/mol. The average Bonchev–Trinajstić information content (AvgIpc) is 3.48. The van der Waals surface area contributed by atoms with Crippen molar-refractivity contribution < 1.29 is 33.3 Å². The van der Waals surface area contributed by atoms with Crippen LogP contribution in [-0.2, 0) is 43.8 Å². The Morgan fingerprint density at radius 1 is 0.958 bits per heavy atom. The van der Waals surface area contributed by atoms with Crippen LogP contribution in [0.5, 0.6) is 0 Å². The van der Waals surface area contributed by atoms with Crippen LogP contribution in [0.1, 0.15) is 72.5 Å². The highest BCUT2D eigenvalue weighted by molar-refractivity contribution is 6.03. The van der Waals surface area contributed by atoms with Crippen molar-refractivity contribution in [2.45, 2.75) is 70.9 Å². The minimum absolute atomic E-state index is 0.112. The Labute approximate surface area is 279 Å². The van der Waals surface area contributed by atoms with Gasteiger partial charge in [0.15, 0.2) is 0 Å². The van der Waals surface area contributed by atoms with Gasteiger partial charge in [-0.15, -0.1) is 0 Å². The van der Waals surface area contributed by atoms with Gasteiger partial charge in [0, 0.05) is 43.3 Å². The molecule has 1 heterocycles. The van der Waals surface area contributed by atoms with E-state index in [0.29, 0.717) is 29.1 Å². The summed E-state index contributed by atoms with van der Waals surface area (Å²) in [5, 5.41) is 8.16. The van der Waals surface area contributed by atoms with E-state index in [0.717, 1.165) is 48.8 Å². The number of rotatable bonds is 12. The summed E-state index contributed by atoms with van der Waals surface area (Å²) in [4.78, 5) is 41.9. The number of esters is 2. The molecule has 4 aromatic rings. The number of carbonyl (C=O) groups excluding carboxylic acids is 3. The minimum atomic E-state index is -1.04. The number of carbonyl (C=O) groups is 3. The summed E-state index contributed by atoms with van der Waals surface area (Å²) >= 11 is 0. The maximum Gasteiger partial charge on any atom is 0.511 e. The van der Waals surface area contributed by atoms with Crippen LogP contribution in [0.25, 0.3) is 22.6 Å². The second-order valence-electron chi connectivity index (χ2n) is 11.8. The number of imidazole rings is 1. The lowest BCUT2D eigenvalue weighted by Gasteiger charge is -2.22. The van der Waals surface area contributed by atoms with Crippen LogP contribution in [-0.4, -0.2) is 45.9 Å². The molecule has 3 N–H and O–H groups in total. The molecule has 0 aliphatic heterocycles. The topological polar surface area (TPSA) is 156 Å². The summed E-state index contributed by atoms with van der Waals surface area (Å²) in [5.41, 5.74) is 10.4. The molecule has 11 nitrogen and oxygen atoms in total. The number of aromatic nitrogens is 2. The lowest BCUT2D eigenvalue weighted by atomic mass is 9.98. The molecule has 3 aromatic carbocycles. The third-order valence-electron chi connectivity index (χ3n) is 8.12. The first-order chi connectivity index (χ1) is 23.2. The fourth-order valence-electron chi connectivity index (χ4n) is 5.61. The zero-order valence-corrected chi connectivity index (χ0v) is 27.1. The highest BCUT2D eigenvalue weighted by atomic mass is 16.8. The Hall–Kier alpha value is -5.45. The number of aryl methyl sites for hydroxylation is 2. The van der Waals surface area contributed by atoms with Gasteiger partial charge in [0.2, 0.25) is 6.29 Å². The molecule has 1 unspecified atom stereocenters. The third-order valence-corrected chi connectivity index (χ3v) is 8.12. The van der Waals surface area contributed by atoms with Gasteiger partial charge < -0.3 is 29.2 Å². The van der Waals surface area contributed by atoms with Crippen molar-refractivity contribution in [3.8, 4) is 22.6 Å². The number of nitrogens with two attached hydrogens (primary N) is 1. The summed E-state index contributed by atoms with van der Waals surface area (Å²) < 4.78 is 23.0. The second-order valence-corrected chi connectivity index (χ2v) is 11.8. The summed E-state index contributed by atoms with van der Waals surface area (Å²) in [7, 11) is 1.87. The van der Waals surface area contributed by atoms with Gasteiger partial charge in [-0.2, -0.15) is 0 Å². The fourth-order valence-corrected chi connectivity index (χ4v) is 5.61. The smallest absolute Gasteiger partial charge is 0.457 e. The number of nitrogens with zero attached hydrogens (tertiary/aromatic N) is 2. The maximum absolute atomic E-state index is 12.7. The molecule has 1 atom stereocenters. The van der Waals surface area contributed by atoms with Crippen LogP contribution in [0.15, 0.2) is 79.0 Å². The normalized spacial score (nSPS) is 13.7. The van der Waals surface area contributed by atoms with Gasteiger partial charge in [-0.1, -0.05) is 67.1 Å². The highest BCUT2D eigenvalue weighted by Crippen LogP contribution is 2.28. The molecule has 0 spiro atoms. The molecule has 1 aliphatic rings. The lowest BCUT2D eigenvalue weighted by Crippen LogP contribution is -2.26. The molecule has 1 saturated carbocycles. The Kier molecular flexibility index (Phi) is 11.2. The largest absolute Gasteiger partial charge is 0.511 e. The number of nitrogens with one attached hydrogen (secondary N) is 1.